The number of halogens is 3. The molecule has 0 spiro atoms. The van der Waals surface area contributed by atoms with Crippen molar-refractivity contribution in [2.75, 3.05) is 7.11 Å². The van der Waals surface area contributed by atoms with E-state index in [0.29, 0.717) is 23.7 Å². The molecule has 0 bridgehead atoms. The van der Waals surface area contributed by atoms with Crippen molar-refractivity contribution in [3.8, 4) is 5.75 Å². The van der Waals surface area contributed by atoms with E-state index >= 15 is 0 Å². The molecular formula is C14H16ClF2NO. The Labute approximate surface area is 116 Å². The lowest BCUT2D eigenvalue weighted by atomic mass is 9.86. The minimum atomic E-state index is -2.48. The van der Waals surface area contributed by atoms with Crippen molar-refractivity contribution in [1.29, 1.82) is 0 Å². The number of methoxy groups -OCH3 is 1. The van der Waals surface area contributed by atoms with Crippen LogP contribution in [0.5, 0.6) is 5.75 Å². The maximum atomic E-state index is 13.0. The number of hydrogen-bond donors (Lipinski definition) is 0. The molecule has 104 valence electrons. The van der Waals surface area contributed by atoms with Crippen LogP contribution >= 0.6 is 11.6 Å². The molecule has 0 amide bonds. The Bertz CT molecular complexity index is 467. The van der Waals surface area contributed by atoms with Gasteiger partial charge >= 0.3 is 0 Å². The van der Waals surface area contributed by atoms with Gasteiger partial charge in [-0.05, 0) is 24.8 Å². The lowest BCUT2D eigenvalue weighted by Gasteiger charge is -2.26. The summed E-state index contributed by atoms with van der Waals surface area (Å²) in [7, 11) is 1.56. The molecule has 2 nitrogen and oxygen atoms in total. The number of alkyl halides is 2. The number of pyridine rings is 1. The van der Waals surface area contributed by atoms with Crippen molar-refractivity contribution in [1.82, 2.24) is 4.98 Å². The third kappa shape index (κ3) is 3.90. The van der Waals surface area contributed by atoms with Crippen LogP contribution in [-0.4, -0.2) is 18.0 Å². The molecule has 0 N–H and O–H groups in total. The molecule has 1 aliphatic rings. The van der Waals surface area contributed by atoms with Gasteiger partial charge in [-0.25, -0.2) is 13.8 Å². The van der Waals surface area contributed by atoms with Gasteiger partial charge in [-0.2, -0.15) is 0 Å². The second kappa shape index (κ2) is 5.87. The molecule has 1 aromatic heterocycles. The fourth-order valence-electron chi connectivity index (χ4n) is 2.23. The summed E-state index contributed by atoms with van der Waals surface area (Å²) in [6.45, 7) is 0. The molecule has 1 saturated carbocycles. The summed E-state index contributed by atoms with van der Waals surface area (Å²) in [6.07, 6.45) is 6.36. The van der Waals surface area contributed by atoms with E-state index in [9.17, 15) is 8.78 Å². The van der Waals surface area contributed by atoms with E-state index < -0.39 is 5.92 Å². The highest BCUT2D eigenvalue weighted by atomic mass is 35.5. The van der Waals surface area contributed by atoms with Crippen LogP contribution in [0.15, 0.2) is 18.3 Å². The first-order chi connectivity index (χ1) is 9.00. The third-order valence-electron chi connectivity index (χ3n) is 3.39. The van der Waals surface area contributed by atoms with Gasteiger partial charge < -0.3 is 4.74 Å². The van der Waals surface area contributed by atoms with Crippen molar-refractivity contribution >= 4 is 17.7 Å². The van der Waals surface area contributed by atoms with Gasteiger partial charge in [0.25, 0.3) is 0 Å². The van der Waals surface area contributed by atoms with Gasteiger partial charge in [0.05, 0.1) is 13.3 Å². The van der Waals surface area contributed by atoms with Crippen LogP contribution in [0.2, 0.25) is 5.15 Å². The van der Waals surface area contributed by atoms with Crippen molar-refractivity contribution in [2.45, 2.75) is 31.6 Å². The smallest absolute Gasteiger partial charge is 0.248 e. The van der Waals surface area contributed by atoms with E-state index in [4.69, 9.17) is 16.3 Å². The standard InChI is InChI=1S/C14H16ClF2NO/c1-19-12-9-18-13(15)8-11(12)3-2-10-4-6-14(16,17)7-5-10/h2-3,8-10H,4-7H2,1H3. The van der Waals surface area contributed by atoms with Crippen LogP contribution in [-0.2, 0) is 0 Å². The second-order valence-corrected chi connectivity index (χ2v) is 5.19. The summed E-state index contributed by atoms with van der Waals surface area (Å²) >= 11 is 5.83. The van der Waals surface area contributed by atoms with Gasteiger partial charge in [0, 0.05) is 18.4 Å². The lowest BCUT2D eigenvalue weighted by Crippen LogP contribution is -2.23. The first kappa shape index (κ1) is 14.3. The number of nitrogens with zero attached hydrogens (tertiary/aromatic N) is 1. The van der Waals surface area contributed by atoms with Crippen molar-refractivity contribution in [3.05, 3.63) is 29.1 Å². The summed E-state index contributed by atoms with van der Waals surface area (Å²) in [4.78, 5) is 3.93. The highest BCUT2D eigenvalue weighted by molar-refractivity contribution is 6.29. The highest BCUT2D eigenvalue weighted by Crippen LogP contribution is 2.37. The maximum Gasteiger partial charge on any atom is 0.248 e. The zero-order valence-electron chi connectivity index (χ0n) is 10.7. The molecular weight excluding hydrogens is 272 g/mol. The van der Waals surface area contributed by atoms with E-state index in [0.717, 1.165) is 5.56 Å². The molecule has 0 atom stereocenters. The van der Waals surface area contributed by atoms with Crippen LogP contribution in [0.3, 0.4) is 0 Å². The van der Waals surface area contributed by atoms with E-state index in [1.54, 1.807) is 19.4 Å². The Kier molecular flexibility index (Phi) is 4.40. The third-order valence-corrected chi connectivity index (χ3v) is 3.60. The van der Waals surface area contributed by atoms with Gasteiger partial charge in [-0.1, -0.05) is 23.8 Å². The molecule has 1 fully saturated rings. The molecule has 0 unspecified atom stereocenters. The number of hydrogen-bond acceptors (Lipinski definition) is 2. The first-order valence-corrected chi connectivity index (χ1v) is 6.63. The monoisotopic (exact) mass is 287 g/mol. The summed E-state index contributed by atoms with van der Waals surface area (Å²) in [5.41, 5.74) is 0.819. The Hall–Kier alpha value is -1.16. The molecule has 19 heavy (non-hydrogen) atoms. The Morgan fingerprint density at radius 3 is 2.74 bits per heavy atom. The van der Waals surface area contributed by atoms with Crippen LogP contribution in [0.4, 0.5) is 8.78 Å². The van der Waals surface area contributed by atoms with Gasteiger partial charge in [0.2, 0.25) is 5.92 Å². The average molecular weight is 288 g/mol. The normalized spacial score (nSPS) is 19.8. The van der Waals surface area contributed by atoms with Gasteiger partial charge in [-0.15, -0.1) is 0 Å². The highest BCUT2D eigenvalue weighted by Gasteiger charge is 2.33. The molecule has 0 radical (unpaired) electrons. The number of aromatic nitrogens is 1. The van der Waals surface area contributed by atoms with Crippen LogP contribution < -0.4 is 4.74 Å². The van der Waals surface area contributed by atoms with E-state index in [1.807, 2.05) is 12.2 Å². The largest absolute Gasteiger partial charge is 0.495 e. The van der Waals surface area contributed by atoms with Crippen LogP contribution in [0, 0.1) is 5.92 Å². The predicted molar refractivity (Wildman–Crippen MR) is 71.7 cm³/mol. The lowest BCUT2D eigenvalue weighted by molar-refractivity contribution is -0.0410. The molecule has 5 heteroatoms. The van der Waals surface area contributed by atoms with Crippen LogP contribution in [0.25, 0.3) is 6.08 Å². The first-order valence-electron chi connectivity index (χ1n) is 6.26. The minimum Gasteiger partial charge on any atom is -0.495 e. The topological polar surface area (TPSA) is 22.1 Å². The molecule has 1 aromatic rings. The number of rotatable bonds is 3. The summed E-state index contributed by atoms with van der Waals surface area (Å²) < 4.78 is 31.3. The zero-order valence-corrected chi connectivity index (χ0v) is 11.5. The van der Waals surface area contributed by atoms with Gasteiger partial charge in [0.1, 0.15) is 10.9 Å². The Balaban J connectivity index is 2.05. The Morgan fingerprint density at radius 1 is 1.42 bits per heavy atom. The molecule has 0 saturated heterocycles. The summed E-state index contributed by atoms with van der Waals surface area (Å²) in [5.74, 6) is -1.67. The fourth-order valence-corrected chi connectivity index (χ4v) is 2.39. The van der Waals surface area contributed by atoms with Crippen molar-refractivity contribution in [2.24, 2.45) is 5.92 Å². The fraction of sp³-hybridized carbons (Fsp3) is 0.500. The molecule has 0 aliphatic heterocycles. The van der Waals surface area contributed by atoms with Crippen LogP contribution in [0.1, 0.15) is 31.2 Å². The van der Waals surface area contributed by atoms with Crippen molar-refractivity contribution < 1.29 is 13.5 Å². The molecule has 1 heterocycles. The number of ether oxygens (including phenoxy) is 1. The summed E-state index contributed by atoms with van der Waals surface area (Å²) in [5, 5.41) is 0.385. The van der Waals surface area contributed by atoms with Crippen molar-refractivity contribution in [3.63, 3.8) is 0 Å². The predicted octanol–water partition coefficient (Wildman–Crippen LogP) is 4.58. The molecule has 0 aromatic carbocycles. The van der Waals surface area contributed by atoms with Gasteiger partial charge in [0.15, 0.2) is 0 Å². The van der Waals surface area contributed by atoms with E-state index in [2.05, 4.69) is 4.98 Å². The maximum absolute atomic E-state index is 13.0. The SMILES string of the molecule is COc1cnc(Cl)cc1C=CC1CCC(F)(F)CC1. The van der Waals surface area contributed by atoms with E-state index in [1.165, 1.54) is 0 Å². The minimum absolute atomic E-state index is 0.0315. The Morgan fingerprint density at radius 2 is 2.11 bits per heavy atom. The quantitative estimate of drug-likeness (QED) is 0.759. The summed E-state index contributed by atoms with van der Waals surface area (Å²) in [6, 6.07) is 1.70. The van der Waals surface area contributed by atoms with E-state index in [-0.39, 0.29) is 18.8 Å². The molecule has 2 rings (SSSR count). The van der Waals surface area contributed by atoms with Gasteiger partial charge in [-0.3, -0.25) is 0 Å². The number of allylic oxidation sites excluding steroid dienone is 1. The average Bonchev–Trinajstić information content (AvgIpc) is 2.38. The zero-order chi connectivity index (χ0) is 13.9. The second-order valence-electron chi connectivity index (χ2n) is 4.80. The molecule has 1 aliphatic carbocycles.